The first-order valence-corrected chi connectivity index (χ1v) is 6.77. The van der Waals surface area contributed by atoms with Crippen LogP contribution in [0.2, 0.25) is 0 Å². The molecule has 1 atom stereocenters. The maximum Gasteiger partial charge on any atom is 0.160 e. The first-order valence-electron chi connectivity index (χ1n) is 6.24. The molecular formula is C13H16ClN3O. The number of alkyl halides is 1. The van der Waals surface area contributed by atoms with Crippen LogP contribution in [0.1, 0.15) is 17.8 Å². The van der Waals surface area contributed by atoms with Crippen molar-refractivity contribution < 1.29 is 4.74 Å². The predicted octanol–water partition coefficient (Wildman–Crippen LogP) is 2.52. The van der Waals surface area contributed by atoms with Gasteiger partial charge >= 0.3 is 0 Å². The second-order valence-corrected chi connectivity index (χ2v) is 5.07. The summed E-state index contributed by atoms with van der Waals surface area (Å²) < 4.78 is 7.58. The fraction of sp³-hybridized carbons (Fsp3) is 0.538. The predicted molar refractivity (Wildman–Crippen MR) is 70.7 cm³/mol. The van der Waals surface area contributed by atoms with Gasteiger partial charge < -0.3 is 9.30 Å². The Bertz CT molecular complexity index is 561. The third kappa shape index (κ3) is 1.99. The van der Waals surface area contributed by atoms with Crippen molar-refractivity contribution in [3.05, 3.63) is 23.7 Å². The van der Waals surface area contributed by atoms with E-state index in [4.69, 9.17) is 16.3 Å². The lowest BCUT2D eigenvalue weighted by atomic mass is 10.1. The molecule has 2 aromatic rings. The first kappa shape index (κ1) is 11.9. The third-order valence-corrected chi connectivity index (χ3v) is 3.74. The number of nitrogens with zero attached hydrogens (tertiary/aromatic N) is 3. The zero-order chi connectivity index (χ0) is 12.5. The maximum absolute atomic E-state index is 6.00. The Balaban J connectivity index is 2.04. The highest BCUT2D eigenvalue weighted by molar-refractivity contribution is 6.16. The molecule has 1 aliphatic rings. The van der Waals surface area contributed by atoms with Crippen LogP contribution in [0.25, 0.3) is 11.2 Å². The van der Waals surface area contributed by atoms with Gasteiger partial charge in [0.1, 0.15) is 11.3 Å². The largest absolute Gasteiger partial charge is 0.381 e. The summed E-state index contributed by atoms with van der Waals surface area (Å²) in [4.78, 5) is 9.05. The lowest BCUT2D eigenvalue weighted by Gasteiger charge is -2.11. The smallest absolute Gasteiger partial charge is 0.160 e. The first-order chi connectivity index (χ1) is 8.79. The molecule has 3 heterocycles. The minimum Gasteiger partial charge on any atom is -0.381 e. The summed E-state index contributed by atoms with van der Waals surface area (Å²) in [6.45, 7) is 4.64. The molecule has 0 aliphatic carbocycles. The standard InChI is InChI=1S/C13H16ClN3O/c1-9-2-4-15-13-12(9)16-11(6-14)17(13)7-10-3-5-18-8-10/h2,4,10H,3,5-8H2,1H3. The highest BCUT2D eigenvalue weighted by atomic mass is 35.5. The van der Waals surface area contributed by atoms with Gasteiger partial charge in [-0.1, -0.05) is 0 Å². The molecule has 1 aliphatic heterocycles. The molecule has 0 N–H and O–H groups in total. The Morgan fingerprint density at radius 1 is 1.56 bits per heavy atom. The van der Waals surface area contributed by atoms with E-state index in [9.17, 15) is 0 Å². The van der Waals surface area contributed by atoms with Gasteiger partial charge in [0.15, 0.2) is 5.65 Å². The zero-order valence-electron chi connectivity index (χ0n) is 10.4. The van der Waals surface area contributed by atoms with E-state index in [1.165, 1.54) is 0 Å². The Morgan fingerprint density at radius 3 is 3.17 bits per heavy atom. The second kappa shape index (κ2) is 4.86. The quantitative estimate of drug-likeness (QED) is 0.801. The van der Waals surface area contributed by atoms with Crippen molar-refractivity contribution in [1.82, 2.24) is 14.5 Å². The zero-order valence-corrected chi connectivity index (χ0v) is 11.2. The van der Waals surface area contributed by atoms with E-state index in [0.29, 0.717) is 11.8 Å². The normalized spacial score (nSPS) is 19.8. The Labute approximate surface area is 111 Å². The molecule has 96 valence electrons. The van der Waals surface area contributed by atoms with Crippen molar-refractivity contribution >= 4 is 22.8 Å². The van der Waals surface area contributed by atoms with Gasteiger partial charge in [0.25, 0.3) is 0 Å². The fourth-order valence-corrected chi connectivity index (χ4v) is 2.67. The SMILES string of the molecule is Cc1ccnc2c1nc(CCl)n2CC1CCOC1. The number of hydrogen-bond acceptors (Lipinski definition) is 3. The topological polar surface area (TPSA) is 39.9 Å². The van der Waals surface area contributed by atoms with Crippen LogP contribution in [0.3, 0.4) is 0 Å². The van der Waals surface area contributed by atoms with Crippen LogP contribution >= 0.6 is 11.6 Å². The molecule has 0 spiro atoms. The molecule has 0 saturated carbocycles. The minimum absolute atomic E-state index is 0.420. The number of aromatic nitrogens is 3. The molecule has 1 saturated heterocycles. The average Bonchev–Trinajstić information content (AvgIpc) is 2.99. The van der Waals surface area contributed by atoms with E-state index < -0.39 is 0 Å². The van der Waals surface area contributed by atoms with E-state index in [1.54, 1.807) is 0 Å². The van der Waals surface area contributed by atoms with Crippen molar-refractivity contribution in [3.63, 3.8) is 0 Å². The molecule has 4 nitrogen and oxygen atoms in total. The van der Waals surface area contributed by atoms with E-state index in [1.807, 2.05) is 12.3 Å². The van der Waals surface area contributed by atoms with Crippen molar-refractivity contribution in [2.45, 2.75) is 25.8 Å². The molecule has 1 fully saturated rings. The van der Waals surface area contributed by atoms with Gasteiger partial charge in [0.2, 0.25) is 0 Å². The van der Waals surface area contributed by atoms with Crippen LogP contribution in [0.4, 0.5) is 0 Å². The van der Waals surface area contributed by atoms with Crippen molar-refractivity contribution in [2.24, 2.45) is 5.92 Å². The lowest BCUT2D eigenvalue weighted by Crippen LogP contribution is -2.13. The number of rotatable bonds is 3. The van der Waals surface area contributed by atoms with E-state index >= 15 is 0 Å². The molecule has 0 amide bonds. The van der Waals surface area contributed by atoms with E-state index in [2.05, 4.69) is 21.5 Å². The Morgan fingerprint density at radius 2 is 2.44 bits per heavy atom. The molecule has 3 rings (SSSR count). The molecule has 2 aromatic heterocycles. The summed E-state index contributed by atoms with van der Waals surface area (Å²) >= 11 is 6.00. The molecular weight excluding hydrogens is 250 g/mol. The van der Waals surface area contributed by atoms with Crippen LogP contribution in [0, 0.1) is 12.8 Å². The summed E-state index contributed by atoms with van der Waals surface area (Å²) in [7, 11) is 0. The highest BCUT2D eigenvalue weighted by Gasteiger charge is 2.20. The third-order valence-electron chi connectivity index (χ3n) is 3.50. The van der Waals surface area contributed by atoms with Gasteiger partial charge in [-0.05, 0) is 25.0 Å². The molecule has 18 heavy (non-hydrogen) atoms. The van der Waals surface area contributed by atoms with Gasteiger partial charge in [0.05, 0.1) is 12.5 Å². The molecule has 0 radical (unpaired) electrons. The van der Waals surface area contributed by atoms with Gasteiger partial charge in [-0.25, -0.2) is 9.97 Å². The van der Waals surface area contributed by atoms with Crippen molar-refractivity contribution in [3.8, 4) is 0 Å². The average molecular weight is 266 g/mol. The number of halogens is 1. The highest BCUT2D eigenvalue weighted by Crippen LogP contribution is 2.22. The summed E-state index contributed by atoms with van der Waals surface area (Å²) in [5, 5.41) is 0. The summed E-state index contributed by atoms with van der Waals surface area (Å²) in [5.74, 6) is 1.87. The van der Waals surface area contributed by atoms with Crippen LogP contribution in [-0.2, 0) is 17.2 Å². The van der Waals surface area contributed by atoms with Crippen molar-refractivity contribution in [2.75, 3.05) is 13.2 Å². The monoisotopic (exact) mass is 265 g/mol. The molecule has 0 aromatic carbocycles. The van der Waals surface area contributed by atoms with Crippen LogP contribution < -0.4 is 0 Å². The van der Waals surface area contributed by atoms with Gasteiger partial charge in [-0.2, -0.15) is 0 Å². The molecule has 5 heteroatoms. The molecule has 1 unspecified atom stereocenters. The maximum atomic E-state index is 6.00. The number of hydrogen-bond donors (Lipinski definition) is 0. The Hall–Kier alpha value is -1.13. The van der Waals surface area contributed by atoms with Crippen LogP contribution in [0.15, 0.2) is 12.3 Å². The molecule has 0 bridgehead atoms. The minimum atomic E-state index is 0.420. The fourth-order valence-electron chi connectivity index (χ4n) is 2.46. The van der Waals surface area contributed by atoms with E-state index in [0.717, 1.165) is 48.7 Å². The lowest BCUT2D eigenvalue weighted by molar-refractivity contribution is 0.182. The second-order valence-electron chi connectivity index (χ2n) is 4.80. The van der Waals surface area contributed by atoms with E-state index in [-0.39, 0.29) is 0 Å². The summed E-state index contributed by atoms with van der Waals surface area (Å²) in [5.41, 5.74) is 3.05. The number of fused-ring (bicyclic) bond motifs is 1. The number of aryl methyl sites for hydroxylation is 1. The Kier molecular flexibility index (Phi) is 3.22. The number of imidazole rings is 1. The van der Waals surface area contributed by atoms with Gasteiger partial charge in [0, 0.05) is 25.3 Å². The van der Waals surface area contributed by atoms with Crippen LogP contribution in [-0.4, -0.2) is 27.7 Å². The van der Waals surface area contributed by atoms with Gasteiger partial charge in [-0.3, -0.25) is 0 Å². The van der Waals surface area contributed by atoms with Crippen LogP contribution in [0.5, 0.6) is 0 Å². The number of ether oxygens (including phenoxy) is 1. The summed E-state index contributed by atoms with van der Waals surface area (Å²) in [6, 6.07) is 1.98. The number of pyridine rings is 1. The summed E-state index contributed by atoms with van der Waals surface area (Å²) in [6.07, 6.45) is 2.94. The van der Waals surface area contributed by atoms with Gasteiger partial charge in [-0.15, -0.1) is 11.6 Å². The van der Waals surface area contributed by atoms with Crippen molar-refractivity contribution in [1.29, 1.82) is 0 Å².